The largest absolute Gasteiger partial charge is 0.493 e. The first-order valence-electron chi connectivity index (χ1n) is 8.73. The summed E-state index contributed by atoms with van der Waals surface area (Å²) in [6, 6.07) is 23.8. The normalized spacial score (nSPS) is 11.1. The first-order valence-corrected chi connectivity index (χ1v) is 8.73. The van der Waals surface area contributed by atoms with E-state index in [0.717, 1.165) is 11.1 Å². The van der Waals surface area contributed by atoms with Crippen LogP contribution in [0.1, 0.15) is 15.9 Å². The van der Waals surface area contributed by atoms with Crippen molar-refractivity contribution in [2.75, 3.05) is 0 Å². The molecule has 1 heterocycles. The van der Waals surface area contributed by atoms with Gasteiger partial charge in [0.15, 0.2) is 5.69 Å². The maximum Gasteiger partial charge on any atom is 0.295 e. The number of rotatable bonds is 5. The number of aromatic hydroxyl groups is 1. The predicted octanol–water partition coefficient (Wildman–Crippen LogP) is 5.38. The number of azo groups is 1. The third-order valence-corrected chi connectivity index (χ3v) is 4.25. The average molecular weight is 371 g/mol. The highest BCUT2D eigenvalue weighted by molar-refractivity contribution is 5.97. The molecule has 138 valence electrons. The number of carbonyl (C=O) groups is 1. The van der Waals surface area contributed by atoms with Gasteiger partial charge in [0.05, 0.1) is 5.52 Å². The Labute approximate surface area is 161 Å². The number of aromatic nitrogens is 1. The van der Waals surface area contributed by atoms with Crippen molar-refractivity contribution in [3.05, 3.63) is 90.0 Å². The first kappa shape index (κ1) is 17.5. The average Bonchev–Trinajstić information content (AvgIpc) is 3.06. The van der Waals surface area contributed by atoms with Crippen molar-refractivity contribution in [2.24, 2.45) is 10.2 Å². The number of hydrogen-bond acceptors (Lipinski definition) is 4. The molecule has 0 spiro atoms. The Kier molecular flexibility index (Phi) is 4.84. The molecule has 0 radical (unpaired) electrons. The zero-order valence-electron chi connectivity index (χ0n) is 14.9. The first-order chi connectivity index (χ1) is 13.7. The van der Waals surface area contributed by atoms with E-state index in [1.807, 2.05) is 48.5 Å². The van der Waals surface area contributed by atoms with Gasteiger partial charge in [-0.15, -0.1) is 10.2 Å². The summed E-state index contributed by atoms with van der Waals surface area (Å²) in [6.07, 6.45) is 0. The van der Waals surface area contributed by atoms with Crippen molar-refractivity contribution >= 4 is 22.5 Å². The van der Waals surface area contributed by atoms with Gasteiger partial charge in [0, 0.05) is 10.9 Å². The van der Waals surface area contributed by atoms with Crippen molar-refractivity contribution < 1.29 is 14.6 Å². The molecular formula is C22H17N3O3. The van der Waals surface area contributed by atoms with Gasteiger partial charge in [0.2, 0.25) is 5.88 Å². The van der Waals surface area contributed by atoms with E-state index in [4.69, 9.17) is 4.74 Å². The highest BCUT2D eigenvalue weighted by atomic mass is 16.5. The predicted molar refractivity (Wildman–Crippen MR) is 106 cm³/mol. The van der Waals surface area contributed by atoms with Crippen LogP contribution in [0.4, 0.5) is 5.69 Å². The Morgan fingerprint density at radius 1 is 0.929 bits per heavy atom. The van der Waals surface area contributed by atoms with E-state index in [1.165, 1.54) is 0 Å². The molecule has 4 rings (SSSR count). The van der Waals surface area contributed by atoms with Crippen LogP contribution in [0.3, 0.4) is 0 Å². The number of nitrogens with one attached hydrogen (secondary N) is 1. The Morgan fingerprint density at radius 3 is 2.43 bits per heavy atom. The second kappa shape index (κ2) is 7.75. The molecule has 1 aromatic heterocycles. The maximum absolute atomic E-state index is 12.3. The maximum atomic E-state index is 12.3. The van der Waals surface area contributed by atoms with E-state index in [-0.39, 0.29) is 11.6 Å². The summed E-state index contributed by atoms with van der Waals surface area (Å²) >= 11 is 0. The summed E-state index contributed by atoms with van der Waals surface area (Å²) in [7, 11) is 0. The number of aromatic amines is 1. The molecule has 6 nitrogen and oxygen atoms in total. The second-order valence-electron chi connectivity index (χ2n) is 6.17. The summed E-state index contributed by atoms with van der Waals surface area (Å²) in [5, 5.41) is 18.3. The number of amides is 1. The zero-order chi connectivity index (χ0) is 19.3. The van der Waals surface area contributed by atoms with Gasteiger partial charge < -0.3 is 14.8 Å². The Bertz CT molecular complexity index is 1130. The molecule has 0 bridgehead atoms. The van der Waals surface area contributed by atoms with Crippen LogP contribution in [0.2, 0.25) is 0 Å². The molecule has 0 aliphatic carbocycles. The topological polar surface area (TPSA) is 87.0 Å². The molecular weight excluding hydrogens is 354 g/mol. The highest BCUT2D eigenvalue weighted by Crippen LogP contribution is 2.35. The molecule has 6 heteroatoms. The highest BCUT2D eigenvalue weighted by Gasteiger charge is 2.11. The fraction of sp³-hybridized carbons (Fsp3) is 0.0455. The van der Waals surface area contributed by atoms with Crippen LogP contribution in [-0.4, -0.2) is 16.0 Å². The minimum atomic E-state index is -0.501. The number of benzene rings is 3. The molecule has 4 aromatic rings. The van der Waals surface area contributed by atoms with E-state index in [0.29, 0.717) is 23.3 Å². The molecule has 0 aliphatic rings. The smallest absolute Gasteiger partial charge is 0.295 e. The second-order valence-corrected chi connectivity index (χ2v) is 6.17. The quantitative estimate of drug-likeness (QED) is 0.462. The number of hydrogen-bond donors (Lipinski definition) is 2. The number of nitrogens with zero attached hydrogens (tertiary/aromatic N) is 2. The van der Waals surface area contributed by atoms with Gasteiger partial charge in [-0.1, -0.05) is 48.5 Å². The minimum absolute atomic E-state index is 0.123. The minimum Gasteiger partial charge on any atom is -0.493 e. The molecule has 0 saturated carbocycles. The standard InChI is InChI=1S/C22H17N3O3/c26-21(25-24-20-18-8-4-5-9-19(18)23-22(20)27)16-10-12-17(13-11-16)28-14-15-6-2-1-3-7-15/h1-13,23,27H,14H2. The lowest BCUT2D eigenvalue weighted by molar-refractivity contribution is 0.0995. The van der Waals surface area contributed by atoms with Crippen molar-refractivity contribution in [3.8, 4) is 11.6 Å². The van der Waals surface area contributed by atoms with Crippen LogP contribution < -0.4 is 4.74 Å². The van der Waals surface area contributed by atoms with Gasteiger partial charge in [0.1, 0.15) is 12.4 Å². The number of ether oxygens (including phenoxy) is 1. The summed E-state index contributed by atoms with van der Waals surface area (Å²) in [5.41, 5.74) is 2.42. The lowest BCUT2D eigenvalue weighted by Gasteiger charge is -2.06. The fourth-order valence-corrected chi connectivity index (χ4v) is 2.80. The third kappa shape index (κ3) is 3.76. The van der Waals surface area contributed by atoms with Gasteiger partial charge in [-0.2, -0.15) is 0 Å². The van der Waals surface area contributed by atoms with E-state index >= 15 is 0 Å². The summed E-state index contributed by atoms with van der Waals surface area (Å²) in [6.45, 7) is 0.452. The van der Waals surface area contributed by atoms with Crippen LogP contribution in [0.25, 0.3) is 10.9 Å². The van der Waals surface area contributed by atoms with Crippen LogP contribution in [0.5, 0.6) is 11.6 Å². The van der Waals surface area contributed by atoms with Crippen LogP contribution in [0.15, 0.2) is 89.1 Å². The van der Waals surface area contributed by atoms with Gasteiger partial charge in [0.25, 0.3) is 5.91 Å². The molecule has 0 aliphatic heterocycles. The number of H-pyrrole nitrogens is 1. The zero-order valence-corrected chi connectivity index (χ0v) is 14.9. The molecule has 2 N–H and O–H groups in total. The molecule has 28 heavy (non-hydrogen) atoms. The lowest BCUT2D eigenvalue weighted by Crippen LogP contribution is -1.97. The van der Waals surface area contributed by atoms with Gasteiger partial charge in [-0.25, -0.2) is 0 Å². The SMILES string of the molecule is O=C(N=Nc1c(O)[nH]c2ccccc12)c1ccc(OCc2ccccc2)cc1. The van der Waals surface area contributed by atoms with Gasteiger partial charge in [-0.05, 0) is 35.9 Å². The molecule has 0 fully saturated rings. The van der Waals surface area contributed by atoms with E-state index in [1.54, 1.807) is 30.3 Å². The summed E-state index contributed by atoms with van der Waals surface area (Å²) in [4.78, 5) is 15.1. The van der Waals surface area contributed by atoms with Crippen molar-refractivity contribution in [1.82, 2.24) is 4.98 Å². The van der Waals surface area contributed by atoms with Gasteiger partial charge >= 0.3 is 0 Å². The fourth-order valence-electron chi connectivity index (χ4n) is 2.80. The summed E-state index contributed by atoms with van der Waals surface area (Å²) in [5.74, 6) is 0.0355. The van der Waals surface area contributed by atoms with Gasteiger partial charge in [-0.3, -0.25) is 4.79 Å². The molecule has 0 saturated heterocycles. The van der Waals surface area contributed by atoms with Crippen molar-refractivity contribution in [2.45, 2.75) is 6.61 Å². The Morgan fingerprint density at radius 2 is 1.64 bits per heavy atom. The number of carbonyl (C=O) groups excluding carboxylic acids is 1. The molecule has 0 unspecified atom stereocenters. The third-order valence-electron chi connectivity index (χ3n) is 4.25. The van der Waals surface area contributed by atoms with Crippen LogP contribution in [0, 0.1) is 0 Å². The Hall–Kier alpha value is -3.93. The molecule has 0 atom stereocenters. The number of fused-ring (bicyclic) bond motifs is 1. The van der Waals surface area contributed by atoms with Crippen molar-refractivity contribution in [1.29, 1.82) is 0 Å². The van der Waals surface area contributed by atoms with E-state index < -0.39 is 5.91 Å². The van der Waals surface area contributed by atoms with E-state index in [9.17, 15) is 9.90 Å². The summed E-state index contributed by atoms with van der Waals surface area (Å²) < 4.78 is 5.71. The molecule has 1 amide bonds. The Balaban J connectivity index is 1.44. The molecule has 3 aromatic carbocycles. The monoisotopic (exact) mass is 371 g/mol. The van der Waals surface area contributed by atoms with Crippen LogP contribution in [-0.2, 0) is 6.61 Å². The van der Waals surface area contributed by atoms with E-state index in [2.05, 4.69) is 15.2 Å². The van der Waals surface area contributed by atoms with Crippen LogP contribution >= 0.6 is 0 Å². The number of para-hydroxylation sites is 1. The lowest BCUT2D eigenvalue weighted by atomic mass is 10.2. The van der Waals surface area contributed by atoms with Crippen molar-refractivity contribution in [3.63, 3.8) is 0 Å².